The van der Waals surface area contributed by atoms with Gasteiger partial charge in [-0.1, -0.05) is 32.3 Å². The smallest absolute Gasteiger partial charge is 1.00 e. The van der Waals surface area contributed by atoms with Crippen molar-refractivity contribution in [1.29, 1.82) is 0 Å². The number of hydrogen-bond acceptors (Lipinski definition) is 0. The molecule has 3 aromatic carbocycles. The van der Waals surface area contributed by atoms with Crippen LogP contribution in [0.3, 0.4) is 0 Å². The van der Waals surface area contributed by atoms with Crippen LogP contribution < -0.4 is 24.8 Å². The molecule has 1 nitrogen and oxygen atoms in total. The molecule has 0 N–H and O–H groups in total. The molecule has 0 bridgehead atoms. The van der Waals surface area contributed by atoms with Crippen LogP contribution in [0.25, 0.3) is 16.5 Å². The molecular formula is C22H23Cl2NTi. The molecule has 4 heteroatoms. The van der Waals surface area contributed by atoms with Crippen LogP contribution in [0.1, 0.15) is 25.3 Å². The predicted octanol–water partition coefficient (Wildman–Crippen LogP) is 0.103. The Bertz CT molecular complexity index is 784. The molecule has 134 valence electrons. The first-order chi connectivity index (χ1) is 11.4. The van der Waals surface area contributed by atoms with E-state index in [2.05, 4.69) is 84.5 Å². The third-order valence-electron chi connectivity index (χ3n) is 4.06. The Kier molecular flexibility index (Phi) is 12.4. The zero-order valence-electron chi connectivity index (χ0n) is 14.9. The minimum Gasteiger partial charge on any atom is -1.00 e. The van der Waals surface area contributed by atoms with Crippen molar-refractivity contribution in [3.63, 3.8) is 0 Å². The van der Waals surface area contributed by atoms with E-state index in [-0.39, 0.29) is 46.5 Å². The number of rotatable bonds is 4. The van der Waals surface area contributed by atoms with E-state index in [1.165, 1.54) is 41.3 Å². The molecule has 26 heavy (non-hydrogen) atoms. The first-order valence-corrected chi connectivity index (χ1v) is 8.36. The third-order valence-corrected chi connectivity index (χ3v) is 4.06. The van der Waals surface area contributed by atoms with Crippen LogP contribution in [0.2, 0.25) is 0 Å². The molecule has 0 amide bonds. The molecule has 1 aromatic heterocycles. The molecule has 0 aliphatic heterocycles. The molecule has 0 unspecified atom stereocenters. The van der Waals surface area contributed by atoms with Crippen molar-refractivity contribution in [2.45, 2.75) is 26.2 Å². The van der Waals surface area contributed by atoms with Crippen molar-refractivity contribution in [3.05, 3.63) is 90.8 Å². The van der Waals surface area contributed by atoms with E-state index in [1.54, 1.807) is 0 Å². The van der Waals surface area contributed by atoms with Gasteiger partial charge in [-0.15, -0.1) is 41.1 Å². The van der Waals surface area contributed by atoms with Gasteiger partial charge < -0.3 is 29.4 Å². The molecule has 0 saturated carbocycles. The van der Waals surface area contributed by atoms with Crippen molar-refractivity contribution in [2.75, 3.05) is 0 Å². The van der Waals surface area contributed by atoms with Crippen molar-refractivity contribution in [2.24, 2.45) is 0 Å². The van der Waals surface area contributed by atoms with E-state index in [1.807, 2.05) is 12.1 Å². The van der Waals surface area contributed by atoms with Crippen LogP contribution in [0.4, 0.5) is 0 Å². The molecule has 0 aliphatic rings. The van der Waals surface area contributed by atoms with Gasteiger partial charge in [0, 0.05) is 12.4 Å². The van der Waals surface area contributed by atoms with Gasteiger partial charge in [0.05, 0.1) is 0 Å². The Morgan fingerprint density at radius 1 is 0.923 bits per heavy atom. The van der Waals surface area contributed by atoms with Gasteiger partial charge in [-0.05, 0) is 17.8 Å². The van der Waals surface area contributed by atoms with Crippen LogP contribution >= 0.6 is 0 Å². The largest absolute Gasteiger partial charge is 4.00 e. The summed E-state index contributed by atoms with van der Waals surface area (Å²) in [5, 5.41) is 2.60. The second kappa shape index (κ2) is 13.0. The zero-order valence-corrected chi connectivity index (χ0v) is 18.0. The number of aromatic nitrogens is 1. The second-order valence-electron chi connectivity index (χ2n) is 5.83. The molecule has 0 aliphatic carbocycles. The summed E-state index contributed by atoms with van der Waals surface area (Å²) in [7, 11) is 0. The van der Waals surface area contributed by atoms with E-state index in [0.717, 1.165) is 0 Å². The van der Waals surface area contributed by atoms with Crippen molar-refractivity contribution >= 4 is 10.8 Å². The first-order valence-electron chi connectivity index (χ1n) is 8.36. The number of nitrogens with zero attached hydrogens (tertiary/aromatic N) is 1. The minimum absolute atomic E-state index is 0. The Morgan fingerprint density at radius 3 is 2.19 bits per heavy atom. The molecule has 1 heterocycles. The van der Waals surface area contributed by atoms with E-state index < -0.39 is 0 Å². The van der Waals surface area contributed by atoms with Crippen LogP contribution in [0.5, 0.6) is 0 Å². The maximum atomic E-state index is 2.23. The van der Waals surface area contributed by atoms with Gasteiger partial charge in [0.25, 0.3) is 0 Å². The van der Waals surface area contributed by atoms with E-state index in [0.29, 0.717) is 0 Å². The fourth-order valence-electron chi connectivity index (χ4n) is 2.75. The fraction of sp³-hybridized carbons (Fsp3) is 0.182. The summed E-state index contributed by atoms with van der Waals surface area (Å²) in [5.41, 5.74) is 2.72. The number of halogens is 2. The van der Waals surface area contributed by atoms with Gasteiger partial charge in [0.1, 0.15) is 0 Å². The SMILES string of the molecule is CCCC[c-]1cccc1.[Cl-].[Cl-].[Ti+4].c1ccc2[cH-]c(-n3cccc3)cc2c1. The van der Waals surface area contributed by atoms with E-state index in [9.17, 15) is 0 Å². The summed E-state index contributed by atoms with van der Waals surface area (Å²) in [5.74, 6) is 0. The van der Waals surface area contributed by atoms with E-state index in [4.69, 9.17) is 0 Å². The Morgan fingerprint density at radius 2 is 1.58 bits per heavy atom. The van der Waals surface area contributed by atoms with Crippen LogP contribution in [0.15, 0.2) is 85.2 Å². The number of hydrogen-bond donors (Lipinski definition) is 0. The van der Waals surface area contributed by atoms with Gasteiger partial charge in [-0.25, -0.2) is 12.1 Å². The summed E-state index contributed by atoms with van der Waals surface area (Å²) in [4.78, 5) is 0. The maximum absolute atomic E-state index is 2.23. The molecule has 0 spiro atoms. The van der Waals surface area contributed by atoms with Gasteiger partial charge in [-0.2, -0.15) is 17.7 Å². The molecule has 0 saturated heterocycles. The zero-order chi connectivity index (χ0) is 15.9. The van der Waals surface area contributed by atoms with Crippen molar-refractivity contribution in [1.82, 2.24) is 4.57 Å². The normalized spacial score (nSPS) is 9.27. The van der Waals surface area contributed by atoms with Gasteiger partial charge in [0.2, 0.25) is 0 Å². The molecule has 4 aromatic rings. The van der Waals surface area contributed by atoms with E-state index >= 15 is 0 Å². The Hall–Kier alpha value is -1.25. The van der Waals surface area contributed by atoms with Crippen molar-refractivity contribution in [3.8, 4) is 5.69 Å². The monoisotopic (exact) mass is 419 g/mol. The van der Waals surface area contributed by atoms with Crippen LogP contribution in [0, 0.1) is 0 Å². The predicted molar refractivity (Wildman–Crippen MR) is 99.5 cm³/mol. The van der Waals surface area contributed by atoms with Gasteiger partial charge >= 0.3 is 21.7 Å². The topological polar surface area (TPSA) is 4.93 Å². The summed E-state index contributed by atoms with van der Waals surface area (Å²) >= 11 is 0. The molecule has 0 fully saturated rings. The average molecular weight is 420 g/mol. The maximum Gasteiger partial charge on any atom is 4.00 e. The van der Waals surface area contributed by atoms with Crippen LogP contribution in [-0.4, -0.2) is 4.57 Å². The molecule has 4 rings (SSSR count). The number of unbranched alkanes of at least 4 members (excludes halogenated alkanes) is 1. The quantitative estimate of drug-likeness (QED) is 0.326. The standard InChI is InChI=1S/C13H10N.C9H13.2ClH.Ti/c1-2-6-12-10-13(9-11(12)5-1)14-7-3-4-8-14;1-2-3-6-9-7-4-5-8-9;;;/h1-10H;4-5,7-8H,2-3,6H2,1H3;2*1H;/q2*-1;;;+4/p-2. The van der Waals surface area contributed by atoms with Crippen molar-refractivity contribution < 1.29 is 46.5 Å². The molecular weight excluding hydrogens is 397 g/mol. The van der Waals surface area contributed by atoms with Gasteiger partial charge in [0.15, 0.2) is 0 Å². The summed E-state index contributed by atoms with van der Waals surface area (Å²) < 4.78 is 2.12. The summed E-state index contributed by atoms with van der Waals surface area (Å²) in [6.07, 6.45) is 8.00. The van der Waals surface area contributed by atoms with Gasteiger partial charge in [-0.3, -0.25) is 0 Å². The molecule has 0 radical (unpaired) electrons. The number of aryl methyl sites for hydroxylation is 1. The fourth-order valence-corrected chi connectivity index (χ4v) is 2.75. The Labute approximate surface area is 183 Å². The summed E-state index contributed by atoms with van der Waals surface area (Å²) in [6.45, 7) is 2.23. The minimum atomic E-state index is 0. The third kappa shape index (κ3) is 6.81. The Balaban J connectivity index is 0.000000466. The number of fused-ring (bicyclic) bond motifs is 1. The average Bonchev–Trinajstić information content (AvgIpc) is 3.34. The second-order valence-corrected chi connectivity index (χ2v) is 5.83. The first kappa shape index (κ1) is 24.8. The summed E-state index contributed by atoms with van der Waals surface area (Å²) in [6, 6.07) is 25.5. The van der Waals surface area contributed by atoms with Crippen LogP contribution in [-0.2, 0) is 28.1 Å². The number of benzene rings is 1. The molecule has 0 atom stereocenters.